The van der Waals surface area contributed by atoms with Crippen molar-refractivity contribution in [2.75, 3.05) is 0 Å². The van der Waals surface area contributed by atoms with E-state index in [4.69, 9.17) is 0 Å². The monoisotopic (exact) mass is 397 g/mol. The molecular formula is C28H31NO. The van der Waals surface area contributed by atoms with Crippen molar-refractivity contribution in [2.24, 2.45) is 0 Å². The van der Waals surface area contributed by atoms with Gasteiger partial charge < -0.3 is 5.11 Å². The molecule has 1 atom stereocenters. The molecule has 1 unspecified atom stereocenters. The molecule has 3 aromatic rings. The maximum atomic E-state index is 11.0. The first-order valence-corrected chi connectivity index (χ1v) is 10.4. The molecule has 0 aliphatic heterocycles. The second-order valence-corrected chi connectivity index (χ2v) is 10.0. The Morgan fingerprint density at radius 2 is 1.17 bits per heavy atom. The zero-order chi connectivity index (χ0) is 22.1. The highest BCUT2D eigenvalue weighted by Gasteiger charge is 2.28. The first-order chi connectivity index (χ1) is 14.0. The van der Waals surface area contributed by atoms with Gasteiger partial charge in [0.2, 0.25) is 0 Å². The van der Waals surface area contributed by atoms with E-state index in [1.807, 2.05) is 42.5 Å². The van der Waals surface area contributed by atoms with Crippen LogP contribution in [-0.2, 0) is 10.8 Å². The summed E-state index contributed by atoms with van der Waals surface area (Å²) in [6.45, 7) is 12.5. The van der Waals surface area contributed by atoms with E-state index in [9.17, 15) is 10.4 Å². The van der Waals surface area contributed by atoms with Gasteiger partial charge in [0.1, 0.15) is 5.75 Å². The fourth-order valence-electron chi connectivity index (χ4n) is 3.81. The van der Waals surface area contributed by atoms with E-state index < -0.39 is 5.92 Å². The van der Waals surface area contributed by atoms with Crippen LogP contribution in [0.4, 0.5) is 0 Å². The average molecular weight is 398 g/mol. The molecule has 2 heteroatoms. The van der Waals surface area contributed by atoms with Gasteiger partial charge in [-0.1, -0.05) is 96.1 Å². The van der Waals surface area contributed by atoms with E-state index in [1.165, 1.54) is 0 Å². The van der Waals surface area contributed by atoms with Crippen LogP contribution in [0.2, 0.25) is 0 Å². The molecule has 0 aliphatic rings. The first-order valence-electron chi connectivity index (χ1n) is 10.4. The predicted octanol–water partition coefficient (Wildman–Crippen LogP) is 7.31. The zero-order valence-corrected chi connectivity index (χ0v) is 18.8. The average Bonchev–Trinajstić information content (AvgIpc) is 2.69. The molecule has 0 saturated carbocycles. The Morgan fingerprint density at radius 3 is 1.60 bits per heavy atom. The van der Waals surface area contributed by atoms with Crippen LogP contribution in [0.5, 0.6) is 5.75 Å². The molecule has 0 fully saturated rings. The van der Waals surface area contributed by atoms with Crippen molar-refractivity contribution in [1.29, 1.82) is 5.26 Å². The normalized spacial score (nSPS) is 13.0. The third-order valence-corrected chi connectivity index (χ3v) is 5.56. The summed E-state index contributed by atoms with van der Waals surface area (Å²) in [5, 5.41) is 21.1. The van der Waals surface area contributed by atoms with E-state index in [-0.39, 0.29) is 10.8 Å². The number of rotatable bonds is 3. The number of hydrogen-bond donors (Lipinski definition) is 1. The lowest BCUT2D eigenvalue weighted by Gasteiger charge is -2.29. The topological polar surface area (TPSA) is 44.0 Å². The molecule has 0 amide bonds. The second kappa shape index (κ2) is 8.00. The molecular weight excluding hydrogens is 366 g/mol. The van der Waals surface area contributed by atoms with E-state index >= 15 is 0 Å². The minimum Gasteiger partial charge on any atom is -0.507 e. The van der Waals surface area contributed by atoms with Crippen LogP contribution in [0.1, 0.15) is 69.7 Å². The fourth-order valence-corrected chi connectivity index (χ4v) is 3.81. The van der Waals surface area contributed by atoms with Crippen molar-refractivity contribution in [2.45, 2.75) is 58.3 Å². The van der Waals surface area contributed by atoms with Gasteiger partial charge in [-0.2, -0.15) is 5.26 Å². The maximum Gasteiger partial charge on any atom is 0.123 e. The van der Waals surface area contributed by atoms with Gasteiger partial charge in [0.15, 0.2) is 0 Å². The summed E-state index contributed by atoms with van der Waals surface area (Å²) in [4.78, 5) is 0. The Kier molecular flexibility index (Phi) is 5.77. The lowest BCUT2D eigenvalue weighted by molar-refractivity contribution is 0.422. The second-order valence-electron chi connectivity index (χ2n) is 10.0. The van der Waals surface area contributed by atoms with Crippen molar-refractivity contribution in [3.63, 3.8) is 0 Å². The molecule has 0 aromatic heterocycles. The van der Waals surface area contributed by atoms with Crippen molar-refractivity contribution < 1.29 is 5.11 Å². The maximum absolute atomic E-state index is 11.0. The van der Waals surface area contributed by atoms with Gasteiger partial charge in [-0.15, -0.1) is 0 Å². The van der Waals surface area contributed by atoms with Gasteiger partial charge in [-0.05, 0) is 56.3 Å². The van der Waals surface area contributed by atoms with Crippen LogP contribution >= 0.6 is 0 Å². The molecule has 154 valence electrons. The fraction of sp³-hybridized carbons (Fsp3) is 0.321. The molecule has 30 heavy (non-hydrogen) atoms. The van der Waals surface area contributed by atoms with Crippen LogP contribution in [0.25, 0.3) is 11.1 Å². The van der Waals surface area contributed by atoms with Gasteiger partial charge in [-0.25, -0.2) is 0 Å². The number of nitriles is 1. The summed E-state index contributed by atoms with van der Waals surface area (Å²) in [5.74, 6) is -0.0486. The highest BCUT2D eigenvalue weighted by atomic mass is 16.3. The predicted molar refractivity (Wildman–Crippen MR) is 125 cm³/mol. The third kappa shape index (κ3) is 4.41. The molecule has 0 radical (unpaired) electrons. The van der Waals surface area contributed by atoms with Crippen molar-refractivity contribution in [1.82, 2.24) is 0 Å². The minimum absolute atomic E-state index is 0.225. The number of phenolic OH excluding ortho intramolecular Hbond substituents is 1. The van der Waals surface area contributed by atoms with E-state index in [2.05, 4.69) is 71.9 Å². The minimum atomic E-state index is -0.391. The Balaban J connectivity index is 2.10. The summed E-state index contributed by atoms with van der Waals surface area (Å²) >= 11 is 0. The number of benzene rings is 3. The highest BCUT2D eigenvalue weighted by molar-refractivity contribution is 5.64. The van der Waals surface area contributed by atoms with Crippen LogP contribution in [0.3, 0.4) is 0 Å². The van der Waals surface area contributed by atoms with Gasteiger partial charge in [0.05, 0.1) is 12.0 Å². The third-order valence-electron chi connectivity index (χ3n) is 5.56. The molecule has 0 bridgehead atoms. The zero-order valence-electron chi connectivity index (χ0n) is 18.8. The van der Waals surface area contributed by atoms with Crippen LogP contribution < -0.4 is 0 Å². The standard InChI is InChI=1S/C28H31NO/c1-27(2,3)24-16-22(17-25(26(24)30)28(4,5)6)23(18-29)21-14-12-20(13-15-21)19-10-8-7-9-11-19/h7-17,23,30H,1-6H3. The lowest BCUT2D eigenvalue weighted by atomic mass is 9.76. The van der Waals surface area contributed by atoms with Gasteiger partial charge in [0, 0.05) is 0 Å². The van der Waals surface area contributed by atoms with Crippen LogP contribution in [0, 0.1) is 11.3 Å². The van der Waals surface area contributed by atoms with Gasteiger partial charge >= 0.3 is 0 Å². The summed E-state index contributed by atoms with van der Waals surface area (Å²) in [6.07, 6.45) is 0. The van der Waals surface area contributed by atoms with Gasteiger partial charge in [-0.3, -0.25) is 0 Å². The smallest absolute Gasteiger partial charge is 0.123 e. The van der Waals surface area contributed by atoms with Crippen molar-refractivity contribution in [3.8, 4) is 22.9 Å². The van der Waals surface area contributed by atoms with E-state index in [0.29, 0.717) is 5.75 Å². The van der Waals surface area contributed by atoms with Crippen LogP contribution in [-0.4, -0.2) is 5.11 Å². The molecule has 0 saturated heterocycles. The number of hydrogen-bond acceptors (Lipinski definition) is 2. The van der Waals surface area contributed by atoms with Crippen molar-refractivity contribution >= 4 is 0 Å². The molecule has 1 N–H and O–H groups in total. The van der Waals surface area contributed by atoms with E-state index in [0.717, 1.165) is 33.4 Å². The number of nitrogens with zero attached hydrogens (tertiary/aromatic N) is 1. The van der Waals surface area contributed by atoms with Crippen LogP contribution in [0.15, 0.2) is 66.7 Å². The number of aromatic hydroxyl groups is 1. The molecule has 0 spiro atoms. The quantitative estimate of drug-likeness (QED) is 0.503. The Morgan fingerprint density at radius 1 is 0.700 bits per heavy atom. The Bertz CT molecular complexity index is 1020. The first kappa shape index (κ1) is 21.7. The number of phenols is 1. The van der Waals surface area contributed by atoms with Crippen molar-refractivity contribution in [3.05, 3.63) is 89.0 Å². The summed E-state index contributed by atoms with van der Waals surface area (Å²) in [5.41, 5.74) is 5.49. The molecule has 0 aliphatic carbocycles. The van der Waals surface area contributed by atoms with Gasteiger partial charge in [0.25, 0.3) is 0 Å². The molecule has 3 rings (SSSR count). The molecule has 3 aromatic carbocycles. The summed E-state index contributed by atoms with van der Waals surface area (Å²) in [7, 11) is 0. The Hall–Kier alpha value is -3.05. The highest BCUT2D eigenvalue weighted by Crippen LogP contribution is 2.42. The lowest BCUT2D eigenvalue weighted by Crippen LogP contribution is -2.18. The Labute approximate surface area is 180 Å². The molecule has 0 heterocycles. The molecule has 2 nitrogen and oxygen atoms in total. The summed E-state index contributed by atoms with van der Waals surface area (Å²) in [6, 6.07) is 25.0. The summed E-state index contributed by atoms with van der Waals surface area (Å²) < 4.78 is 0. The van der Waals surface area contributed by atoms with E-state index in [1.54, 1.807) is 0 Å². The largest absolute Gasteiger partial charge is 0.507 e. The SMILES string of the molecule is CC(C)(C)c1cc(C(C#N)c2ccc(-c3ccccc3)cc2)cc(C(C)(C)C)c1O.